The molecule has 0 amide bonds. The van der Waals surface area contributed by atoms with Crippen molar-refractivity contribution in [3.05, 3.63) is 64.7 Å². The van der Waals surface area contributed by atoms with Gasteiger partial charge in [-0.25, -0.2) is 4.39 Å². The lowest BCUT2D eigenvalue weighted by atomic mass is 9.98. The summed E-state index contributed by atoms with van der Waals surface area (Å²) in [5, 5.41) is 3.42. The number of nitrogens with zero attached hydrogens (tertiary/aromatic N) is 1. The molecule has 1 aromatic carbocycles. The van der Waals surface area contributed by atoms with E-state index in [-0.39, 0.29) is 11.9 Å². The normalized spacial score (nSPS) is 12.4. The van der Waals surface area contributed by atoms with Gasteiger partial charge < -0.3 is 5.32 Å². The average Bonchev–Trinajstić information content (AvgIpc) is 2.39. The van der Waals surface area contributed by atoms with Gasteiger partial charge in [-0.05, 0) is 55.3 Å². The van der Waals surface area contributed by atoms with Crippen LogP contribution in [0.25, 0.3) is 0 Å². The summed E-state index contributed by atoms with van der Waals surface area (Å²) in [7, 11) is 0. The second-order valence-corrected chi connectivity index (χ2v) is 5.14. The fourth-order valence-electron chi connectivity index (χ4n) is 2.45. The Hall–Kier alpha value is -1.74. The molecule has 2 rings (SSSR count). The topological polar surface area (TPSA) is 24.9 Å². The number of rotatable bonds is 5. The van der Waals surface area contributed by atoms with E-state index in [0.29, 0.717) is 0 Å². The molecule has 1 N–H and O–H groups in total. The van der Waals surface area contributed by atoms with Gasteiger partial charge >= 0.3 is 0 Å². The van der Waals surface area contributed by atoms with Crippen molar-refractivity contribution in [2.45, 2.75) is 33.2 Å². The monoisotopic (exact) mass is 272 g/mol. The number of pyridine rings is 1. The highest BCUT2D eigenvalue weighted by Gasteiger charge is 2.14. The molecule has 0 radical (unpaired) electrons. The molecular formula is C17H21FN2. The molecule has 20 heavy (non-hydrogen) atoms. The number of benzene rings is 1. The van der Waals surface area contributed by atoms with Crippen LogP contribution in [0.4, 0.5) is 4.39 Å². The van der Waals surface area contributed by atoms with Crippen LogP contribution in [0.1, 0.15) is 35.3 Å². The zero-order valence-corrected chi connectivity index (χ0v) is 12.3. The third-order valence-electron chi connectivity index (χ3n) is 3.43. The predicted molar refractivity (Wildman–Crippen MR) is 80.2 cm³/mol. The molecule has 0 aliphatic carbocycles. The van der Waals surface area contributed by atoms with Crippen molar-refractivity contribution in [2.24, 2.45) is 0 Å². The summed E-state index contributed by atoms with van der Waals surface area (Å²) in [4.78, 5) is 4.44. The average molecular weight is 272 g/mol. The van der Waals surface area contributed by atoms with Gasteiger partial charge in [-0.3, -0.25) is 4.98 Å². The Morgan fingerprint density at radius 1 is 1.25 bits per heavy atom. The van der Waals surface area contributed by atoms with Gasteiger partial charge in [-0.1, -0.05) is 19.1 Å². The molecule has 0 aliphatic heterocycles. The molecule has 2 nitrogen and oxygen atoms in total. The maximum absolute atomic E-state index is 13.6. The number of aromatic nitrogens is 1. The van der Waals surface area contributed by atoms with Crippen molar-refractivity contribution in [3.63, 3.8) is 0 Å². The fourth-order valence-corrected chi connectivity index (χ4v) is 2.45. The van der Waals surface area contributed by atoms with Gasteiger partial charge in [0.1, 0.15) is 5.82 Å². The number of aryl methyl sites for hydroxylation is 2. The van der Waals surface area contributed by atoms with E-state index in [4.69, 9.17) is 0 Å². The zero-order valence-electron chi connectivity index (χ0n) is 12.3. The highest BCUT2D eigenvalue weighted by molar-refractivity contribution is 5.28. The lowest BCUT2D eigenvalue weighted by Crippen LogP contribution is -2.24. The number of hydrogen-bond acceptors (Lipinski definition) is 2. The van der Waals surface area contributed by atoms with Crippen LogP contribution in [0.3, 0.4) is 0 Å². The van der Waals surface area contributed by atoms with E-state index in [0.717, 1.165) is 29.8 Å². The van der Waals surface area contributed by atoms with Crippen molar-refractivity contribution < 1.29 is 4.39 Å². The van der Waals surface area contributed by atoms with Crippen molar-refractivity contribution >= 4 is 0 Å². The first-order valence-electron chi connectivity index (χ1n) is 7.01. The summed E-state index contributed by atoms with van der Waals surface area (Å²) >= 11 is 0. The minimum absolute atomic E-state index is 0.0861. The third kappa shape index (κ3) is 3.64. The molecule has 3 heteroatoms. The molecular weight excluding hydrogens is 251 g/mol. The van der Waals surface area contributed by atoms with E-state index < -0.39 is 0 Å². The molecule has 1 unspecified atom stereocenters. The van der Waals surface area contributed by atoms with Crippen LogP contribution in [0, 0.1) is 19.7 Å². The Kier molecular flexibility index (Phi) is 4.85. The Morgan fingerprint density at radius 2 is 2.05 bits per heavy atom. The Bertz CT molecular complexity index is 561. The zero-order chi connectivity index (χ0) is 14.5. The summed E-state index contributed by atoms with van der Waals surface area (Å²) in [6, 6.07) is 9.28. The van der Waals surface area contributed by atoms with Gasteiger partial charge in [0, 0.05) is 24.4 Å². The lowest BCUT2D eigenvalue weighted by molar-refractivity contribution is 0.536. The molecule has 0 aliphatic rings. The highest BCUT2D eigenvalue weighted by Crippen LogP contribution is 2.21. The van der Waals surface area contributed by atoms with Gasteiger partial charge in [-0.15, -0.1) is 0 Å². The Balaban J connectivity index is 2.29. The van der Waals surface area contributed by atoms with Gasteiger partial charge in [0.25, 0.3) is 0 Å². The van der Waals surface area contributed by atoms with E-state index in [1.165, 1.54) is 5.56 Å². The number of halogens is 1. The van der Waals surface area contributed by atoms with Gasteiger partial charge in [-0.2, -0.15) is 0 Å². The van der Waals surface area contributed by atoms with Crippen LogP contribution in [0.15, 0.2) is 36.5 Å². The molecule has 2 aromatic rings. The second kappa shape index (κ2) is 6.62. The molecule has 0 saturated heterocycles. The summed E-state index contributed by atoms with van der Waals surface area (Å²) in [5.74, 6) is -0.180. The van der Waals surface area contributed by atoms with Crippen LogP contribution in [-0.2, 0) is 6.42 Å². The number of hydrogen-bond donors (Lipinski definition) is 1. The molecule has 106 valence electrons. The van der Waals surface area contributed by atoms with Gasteiger partial charge in [0.05, 0.1) is 0 Å². The van der Waals surface area contributed by atoms with Crippen LogP contribution < -0.4 is 5.32 Å². The van der Waals surface area contributed by atoms with Crippen molar-refractivity contribution in [3.8, 4) is 0 Å². The first-order valence-corrected chi connectivity index (χ1v) is 7.01. The van der Waals surface area contributed by atoms with E-state index in [9.17, 15) is 4.39 Å². The first-order chi connectivity index (χ1) is 9.60. The van der Waals surface area contributed by atoms with Crippen molar-refractivity contribution in [2.75, 3.05) is 6.54 Å². The Morgan fingerprint density at radius 3 is 2.70 bits per heavy atom. The molecule has 0 spiro atoms. The molecule has 1 atom stereocenters. The summed E-state index contributed by atoms with van der Waals surface area (Å²) < 4.78 is 13.6. The predicted octanol–water partition coefficient (Wildman–Crippen LogP) is 3.73. The molecule has 1 heterocycles. The van der Waals surface area contributed by atoms with Crippen molar-refractivity contribution in [1.82, 2.24) is 10.3 Å². The maximum atomic E-state index is 13.6. The summed E-state index contributed by atoms with van der Waals surface area (Å²) in [6.45, 7) is 6.88. The standard InChI is InChI=1S/C17H21FN2/c1-4-19-17(11-16-13(3)6-5-7-20-16)14-8-12(2)9-15(18)10-14/h5-10,17,19H,4,11H2,1-3H3. The maximum Gasteiger partial charge on any atom is 0.123 e. The summed E-state index contributed by atoms with van der Waals surface area (Å²) in [6.07, 6.45) is 2.57. The smallest absolute Gasteiger partial charge is 0.123 e. The van der Waals surface area contributed by atoms with Crippen molar-refractivity contribution in [1.29, 1.82) is 0 Å². The van der Waals surface area contributed by atoms with E-state index in [2.05, 4.69) is 30.2 Å². The largest absolute Gasteiger partial charge is 0.310 e. The SMILES string of the molecule is CCNC(Cc1ncccc1C)c1cc(C)cc(F)c1. The lowest BCUT2D eigenvalue weighted by Gasteiger charge is -2.19. The molecule has 1 aromatic heterocycles. The van der Waals surface area contributed by atoms with Gasteiger partial charge in [0.2, 0.25) is 0 Å². The van der Waals surface area contributed by atoms with Crippen LogP contribution >= 0.6 is 0 Å². The van der Waals surface area contributed by atoms with Gasteiger partial charge in [0.15, 0.2) is 0 Å². The minimum Gasteiger partial charge on any atom is -0.310 e. The van der Waals surface area contributed by atoms with Crippen LogP contribution in [0.5, 0.6) is 0 Å². The number of likely N-dealkylation sites (N-methyl/N-ethyl adjacent to an activating group) is 1. The Labute approximate surface area is 120 Å². The quantitative estimate of drug-likeness (QED) is 0.897. The molecule has 0 saturated carbocycles. The van der Waals surface area contributed by atoms with Crippen LogP contribution in [-0.4, -0.2) is 11.5 Å². The summed E-state index contributed by atoms with van der Waals surface area (Å²) in [5.41, 5.74) is 4.15. The number of nitrogens with one attached hydrogen (secondary N) is 1. The molecule has 0 fully saturated rings. The minimum atomic E-state index is -0.180. The first kappa shape index (κ1) is 14.7. The van der Waals surface area contributed by atoms with E-state index in [1.54, 1.807) is 12.1 Å². The highest BCUT2D eigenvalue weighted by atomic mass is 19.1. The van der Waals surface area contributed by atoms with E-state index in [1.807, 2.05) is 25.3 Å². The second-order valence-electron chi connectivity index (χ2n) is 5.14. The third-order valence-corrected chi connectivity index (χ3v) is 3.43. The van der Waals surface area contributed by atoms with E-state index >= 15 is 0 Å². The van der Waals surface area contributed by atoms with Crippen LogP contribution in [0.2, 0.25) is 0 Å². The fraction of sp³-hybridized carbons (Fsp3) is 0.353. The molecule has 0 bridgehead atoms.